The summed E-state index contributed by atoms with van der Waals surface area (Å²) in [6, 6.07) is 11.4. The second-order valence-electron chi connectivity index (χ2n) is 6.19. The molecule has 2 rings (SSSR count). The average molecular weight is 294 g/mol. The summed E-state index contributed by atoms with van der Waals surface area (Å²) in [6.07, 6.45) is 1.79. The Balaban J connectivity index is 2.17. The van der Waals surface area contributed by atoms with Crippen LogP contribution in [0.4, 0.5) is 0 Å². The first-order chi connectivity index (χ1) is 9.42. The fourth-order valence-electron chi connectivity index (χ4n) is 3.09. The highest BCUT2D eigenvalue weighted by Gasteiger charge is 2.37. The molecule has 0 radical (unpaired) electrons. The molecule has 20 heavy (non-hydrogen) atoms. The summed E-state index contributed by atoms with van der Waals surface area (Å²) in [4.78, 5) is 2.49. The van der Waals surface area contributed by atoms with Crippen LogP contribution in [0.15, 0.2) is 30.3 Å². The van der Waals surface area contributed by atoms with E-state index >= 15 is 0 Å². The third-order valence-corrected chi connectivity index (χ3v) is 5.26. The summed E-state index contributed by atoms with van der Waals surface area (Å²) in [5.41, 5.74) is 1.29. The van der Waals surface area contributed by atoms with Crippen LogP contribution in [-0.4, -0.2) is 46.3 Å². The van der Waals surface area contributed by atoms with Crippen molar-refractivity contribution in [1.29, 1.82) is 0 Å². The van der Waals surface area contributed by atoms with E-state index in [0.717, 1.165) is 18.8 Å². The van der Waals surface area contributed by atoms with Gasteiger partial charge in [-0.2, -0.15) is 0 Å². The van der Waals surface area contributed by atoms with Crippen molar-refractivity contribution in [3.05, 3.63) is 35.9 Å². The molecule has 1 aliphatic rings. The maximum Gasteiger partial charge on any atom is 0.0535 e. The lowest BCUT2D eigenvalue weighted by Gasteiger charge is -2.48. The summed E-state index contributed by atoms with van der Waals surface area (Å²) in [5.74, 6) is 0.745. The fourth-order valence-corrected chi connectivity index (χ4v) is 3.96. The topological polar surface area (TPSA) is 32.3 Å². The summed E-state index contributed by atoms with van der Waals surface area (Å²) < 4.78 is 11.5. The van der Waals surface area contributed by atoms with Gasteiger partial charge < -0.3 is 5.32 Å². The third kappa shape index (κ3) is 3.48. The number of nitrogens with zero attached hydrogens (tertiary/aromatic N) is 1. The molecule has 1 N–H and O–H groups in total. The van der Waals surface area contributed by atoms with Crippen LogP contribution in [0.1, 0.15) is 26.3 Å². The van der Waals surface area contributed by atoms with Crippen LogP contribution >= 0.6 is 0 Å². The molecular formula is C16H26N2OS. The van der Waals surface area contributed by atoms with Crippen LogP contribution in [0.3, 0.4) is 0 Å². The average Bonchev–Trinajstić information content (AvgIpc) is 2.42. The van der Waals surface area contributed by atoms with Gasteiger partial charge in [0.1, 0.15) is 0 Å². The normalized spacial score (nSPS) is 30.9. The Hall–Kier alpha value is -0.710. The number of rotatable bonds is 4. The minimum atomic E-state index is -0.744. The highest BCUT2D eigenvalue weighted by Crippen LogP contribution is 2.27. The molecule has 4 atom stereocenters. The Morgan fingerprint density at radius 3 is 2.70 bits per heavy atom. The molecule has 0 aliphatic carbocycles. The van der Waals surface area contributed by atoms with Crippen molar-refractivity contribution >= 4 is 10.8 Å². The van der Waals surface area contributed by atoms with Crippen LogP contribution in [0.5, 0.6) is 0 Å². The van der Waals surface area contributed by atoms with Crippen molar-refractivity contribution < 1.29 is 4.21 Å². The van der Waals surface area contributed by atoms with Gasteiger partial charge in [-0.1, -0.05) is 30.3 Å². The SMILES string of the molecule is CC1CNC(C)(c2ccccc2)CN1C(C)CS(C)=O. The van der Waals surface area contributed by atoms with Gasteiger partial charge in [0.05, 0.1) is 5.54 Å². The number of piperazine rings is 1. The van der Waals surface area contributed by atoms with E-state index in [1.807, 2.05) is 0 Å². The van der Waals surface area contributed by atoms with Crippen molar-refractivity contribution in [2.75, 3.05) is 25.1 Å². The van der Waals surface area contributed by atoms with Crippen molar-refractivity contribution in [3.63, 3.8) is 0 Å². The predicted molar refractivity (Wildman–Crippen MR) is 86.4 cm³/mol. The van der Waals surface area contributed by atoms with Gasteiger partial charge in [0.2, 0.25) is 0 Å². The van der Waals surface area contributed by atoms with Crippen molar-refractivity contribution in [3.8, 4) is 0 Å². The molecule has 112 valence electrons. The molecule has 1 aromatic carbocycles. The molecule has 1 aliphatic heterocycles. The highest BCUT2D eigenvalue weighted by molar-refractivity contribution is 7.84. The van der Waals surface area contributed by atoms with E-state index in [9.17, 15) is 4.21 Å². The lowest BCUT2D eigenvalue weighted by Crippen LogP contribution is -2.62. The molecule has 1 aromatic rings. The smallest absolute Gasteiger partial charge is 0.0535 e. The van der Waals surface area contributed by atoms with Gasteiger partial charge in [0.25, 0.3) is 0 Å². The standard InChI is InChI=1S/C16H26N2OS/c1-13-10-17-16(3,15-8-6-5-7-9-15)12-18(13)14(2)11-20(4)19/h5-9,13-14,17H,10-12H2,1-4H3. The molecule has 4 unspecified atom stereocenters. The fraction of sp³-hybridized carbons (Fsp3) is 0.625. The monoisotopic (exact) mass is 294 g/mol. The number of benzene rings is 1. The van der Waals surface area contributed by atoms with Gasteiger partial charge in [-0.3, -0.25) is 9.11 Å². The first kappa shape index (κ1) is 15.7. The van der Waals surface area contributed by atoms with E-state index in [2.05, 4.69) is 61.3 Å². The third-order valence-electron chi connectivity index (χ3n) is 4.31. The Labute approximate surface area is 125 Å². The molecule has 0 bridgehead atoms. The van der Waals surface area contributed by atoms with Gasteiger partial charge in [-0.25, -0.2) is 0 Å². The molecule has 1 fully saturated rings. The summed E-state index contributed by atoms with van der Waals surface area (Å²) in [7, 11) is -0.744. The molecule has 1 saturated heterocycles. The van der Waals surface area contributed by atoms with Gasteiger partial charge in [-0.05, 0) is 26.3 Å². The van der Waals surface area contributed by atoms with E-state index in [-0.39, 0.29) is 5.54 Å². The molecule has 4 heteroatoms. The van der Waals surface area contributed by atoms with E-state index in [0.29, 0.717) is 12.1 Å². The summed E-state index contributed by atoms with van der Waals surface area (Å²) in [5, 5.41) is 3.68. The van der Waals surface area contributed by atoms with E-state index in [1.54, 1.807) is 6.26 Å². The van der Waals surface area contributed by atoms with E-state index in [1.165, 1.54) is 5.56 Å². The summed E-state index contributed by atoms with van der Waals surface area (Å²) >= 11 is 0. The highest BCUT2D eigenvalue weighted by atomic mass is 32.2. The molecule has 1 heterocycles. The zero-order chi connectivity index (χ0) is 14.8. The number of nitrogens with one attached hydrogen (secondary N) is 1. The largest absolute Gasteiger partial charge is 0.305 e. The first-order valence-electron chi connectivity index (χ1n) is 7.29. The molecule has 0 amide bonds. The molecular weight excluding hydrogens is 268 g/mol. The second kappa shape index (κ2) is 6.37. The molecule has 0 saturated carbocycles. The van der Waals surface area contributed by atoms with Gasteiger partial charge in [-0.15, -0.1) is 0 Å². The van der Waals surface area contributed by atoms with Crippen LogP contribution in [0, 0.1) is 0 Å². The lowest BCUT2D eigenvalue weighted by atomic mass is 9.88. The van der Waals surface area contributed by atoms with Gasteiger partial charge in [0, 0.05) is 48.0 Å². The van der Waals surface area contributed by atoms with E-state index < -0.39 is 10.8 Å². The first-order valence-corrected chi connectivity index (χ1v) is 9.01. The number of hydrogen-bond acceptors (Lipinski definition) is 3. The Bertz CT molecular complexity index is 465. The molecule has 0 aromatic heterocycles. The maximum atomic E-state index is 11.5. The quantitative estimate of drug-likeness (QED) is 0.921. The van der Waals surface area contributed by atoms with Crippen LogP contribution in [-0.2, 0) is 16.3 Å². The predicted octanol–water partition coefficient (Wildman–Crippen LogP) is 1.96. The van der Waals surface area contributed by atoms with Crippen molar-refractivity contribution in [2.24, 2.45) is 0 Å². The number of hydrogen-bond donors (Lipinski definition) is 1. The molecule has 3 nitrogen and oxygen atoms in total. The second-order valence-corrected chi connectivity index (χ2v) is 7.67. The van der Waals surface area contributed by atoms with Crippen molar-refractivity contribution in [1.82, 2.24) is 10.2 Å². The minimum Gasteiger partial charge on any atom is -0.305 e. The van der Waals surface area contributed by atoms with E-state index in [4.69, 9.17) is 0 Å². The zero-order valence-electron chi connectivity index (χ0n) is 12.9. The Kier molecular flexibility index (Phi) is 4.99. The van der Waals surface area contributed by atoms with Crippen LogP contribution < -0.4 is 5.32 Å². The van der Waals surface area contributed by atoms with Crippen molar-refractivity contribution in [2.45, 2.75) is 38.4 Å². The van der Waals surface area contributed by atoms with Crippen LogP contribution in [0.25, 0.3) is 0 Å². The maximum absolute atomic E-state index is 11.5. The van der Waals surface area contributed by atoms with Gasteiger partial charge in [0.15, 0.2) is 0 Å². The Morgan fingerprint density at radius 1 is 1.45 bits per heavy atom. The Morgan fingerprint density at radius 2 is 2.10 bits per heavy atom. The van der Waals surface area contributed by atoms with Crippen LogP contribution in [0.2, 0.25) is 0 Å². The minimum absolute atomic E-state index is 0.0305. The zero-order valence-corrected chi connectivity index (χ0v) is 13.7. The molecule has 0 spiro atoms. The lowest BCUT2D eigenvalue weighted by molar-refractivity contribution is 0.0686. The summed E-state index contributed by atoms with van der Waals surface area (Å²) in [6.45, 7) is 8.61. The van der Waals surface area contributed by atoms with Gasteiger partial charge >= 0.3 is 0 Å².